The molecule has 1 aliphatic heterocycles. The Balaban J connectivity index is 1.73. The number of anilines is 2. The molecule has 1 fully saturated rings. The number of hydrogen-bond donors (Lipinski definition) is 1. The normalized spacial score (nSPS) is 14.4. The number of hydrogen-bond acceptors (Lipinski definition) is 4. The van der Waals surface area contributed by atoms with Gasteiger partial charge in [-0.05, 0) is 53.2 Å². The highest BCUT2D eigenvalue weighted by molar-refractivity contribution is 9.11. The first kappa shape index (κ1) is 19.8. The van der Waals surface area contributed by atoms with Gasteiger partial charge in [0.25, 0.3) is 0 Å². The molecule has 0 saturated carbocycles. The summed E-state index contributed by atoms with van der Waals surface area (Å²) in [4.78, 5) is 2.26. The van der Waals surface area contributed by atoms with Crippen LogP contribution in [-0.4, -0.2) is 32.9 Å². The van der Waals surface area contributed by atoms with Gasteiger partial charge in [-0.25, -0.2) is 0 Å². The van der Waals surface area contributed by atoms with E-state index in [0.29, 0.717) is 13.2 Å². The molecule has 7 heteroatoms. The number of ether oxygens (including phenoxy) is 2. The number of benzene rings is 2. The van der Waals surface area contributed by atoms with E-state index in [1.807, 2.05) is 19.1 Å². The van der Waals surface area contributed by atoms with E-state index >= 15 is 0 Å². The lowest BCUT2D eigenvalue weighted by atomic mass is 10.2. The lowest BCUT2D eigenvalue weighted by Crippen LogP contribution is -2.36. The molecule has 3 rings (SSSR count). The molecule has 0 spiro atoms. The Kier molecular flexibility index (Phi) is 7.09. The molecule has 1 heterocycles. The Hall–Kier alpha value is -0.950. The maximum absolute atomic E-state index is 6.51. The van der Waals surface area contributed by atoms with E-state index in [9.17, 15) is 0 Å². The summed E-state index contributed by atoms with van der Waals surface area (Å²) in [5.41, 5.74) is 3.10. The van der Waals surface area contributed by atoms with E-state index in [1.165, 1.54) is 0 Å². The van der Waals surface area contributed by atoms with Crippen molar-refractivity contribution in [3.8, 4) is 5.75 Å². The minimum Gasteiger partial charge on any atom is -0.492 e. The summed E-state index contributed by atoms with van der Waals surface area (Å²) in [6.07, 6.45) is 0. The Labute approximate surface area is 176 Å². The average Bonchev–Trinajstić information content (AvgIpc) is 2.63. The maximum atomic E-state index is 6.51. The number of halogens is 3. The van der Waals surface area contributed by atoms with Crippen molar-refractivity contribution < 1.29 is 9.47 Å². The molecule has 0 radical (unpaired) electrons. The molecule has 0 unspecified atom stereocenters. The molecule has 1 saturated heterocycles. The fourth-order valence-electron chi connectivity index (χ4n) is 2.93. The molecular formula is C19H21Br2ClN2O2. The zero-order chi connectivity index (χ0) is 18.5. The van der Waals surface area contributed by atoms with Crippen LogP contribution in [0.3, 0.4) is 0 Å². The first-order valence-corrected chi connectivity index (χ1v) is 10.5. The van der Waals surface area contributed by atoms with Crippen molar-refractivity contribution in [1.29, 1.82) is 0 Å². The zero-order valence-corrected chi connectivity index (χ0v) is 18.5. The second-order valence-corrected chi connectivity index (χ2v) is 8.11. The van der Waals surface area contributed by atoms with E-state index in [-0.39, 0.29) is 0 Å². The highest BCUT2D eigenvalue weighted by Gasteiger charge is 2.15. The smallest absolute Gasteiger partial charge is 0.138 e. The quantitative estimate of drug-likeness (QED) is 0.546. The van der Waals surface area contributed by atoms with E-state index in [1.54, 1.807) is 0 Å². The van der Waals surface area contributed by atoms with Crippen LogP contribution in [0.15, 0.2) is 39.3 Å². The van der Waals surface area contributed by atoms with Crippen molar-refractivity contribution in [1.82, 2.24) is 0 Å². The monoisotopic (exact) mass is 502 g/mol. The second-order valence-electron chi connectivity index (χ2n) is 5.93. The van der Waals surface area contributed by atoms with Gasteiger partial charge in [-0.3, -0.25) is 0 Å². The summed E-state index contributed by atoms with van der Waals surface area (Å²) in [7, 11) is 0. The summed E-state index contributed by atoms with van der Waals surface area (Å²) in [6, 6.07) is 10.1. The van der Waals surface area contributed by atoms with Crippen LogP contribution in [0.4, 0.5) is 11.4 Å². The van der Waals surface area contributed by atoms with Gasteiger partial charge in [0.2, 0.25) is 0 Å². The van der Waals surface area contributed by atoms with E-state index in [4.69, 9.17) is 21.1 Å². The van der Waals surface area contributed by atoms with Gasteiger partial charge in [0, 0.05) is 35.4 Å². The van der Waals surface area contributed by atoms with Crippen molar-refractivity contribution in [2.45, 2.75) is 13.5 Å². The molecular weight excluding hydrogens is 483 g/mol. The molecule has 0 atom stereocenters. The van der Waals surface area contributed by atoms with Crippen LogP contribution in [0.25, 0.3) is 0 Å². The summed E-state index contributed by atoms with van der Waals surface area (Å²) in [5.74, 6) is 0.860. The van der Waals surface area contributed by atoms with Gasteiger partial charge in [-0.15, -0.1) is 0 Å². The summed E-state index contributed by atoms with van der Waals surface area (Å²) >= 11 is 13.6. The van der Waals surface area contributed by atoms with Gasteiger partial charge in [0.15, 0.2) is 0 Å². The fourth-order valence-corrected chi connectivity index (χ4v) is 4.65. The zero-order valence-electron chi connectivity index (χ0n) is 14.5. The van der Waals surface area contributed by atoms with E-state index < -0.39 is 0 Å². The number of nitrogens with one attached hydrogen (secondary N) is 1. The van der Waals surface area contributed by atoms with Crippen LogP contribution in [0.1, 0.15) is 12.5 Å². The molecule has 2 aromatic carbocycles. The first-order chi connectivity index (χ1) is 12.6. The lowest BCUT2D eigenvalue weighted by Gasteiger charge is -2.29. The Bertz CT molecular complexity index is 767. The average molecular weight is 505 g/mol. The SMILES string of the molecule is CCOc1c(Br)cc(Br)cc1CNc1ccc(N2CCOCC2)c(Cl)c1. The van der Waals surface area contributed by atoms with Crippen LogP contribution >= 0.6 is 43.5 Å². The summed E-state index contributed by atoms with van der Waals surface area (Å²) in [6.45, 7) is 6.47. The molecule has 0 aliphatic carbocycles. The predicted octanol–water partition coefficient (Wildman–Crippen LogP) is 5.71. The van der Waals surface area contributed by atoms with Crippen molar-refractivity contribution >= 4 is 54.8 Å². The molecule has 140 valence electrons. The van der Waals surface area contributed by atoms with Gasteiger partial charge in [0.1, 0.15) is 5.75 Å². The molecule has 4 nitrogen and oxygen atoms in total. The molecule has 0 amide bonds. The third kappa shape index (κ3) is 4.85. The van der Waals surface area contributed by atoms with Crippen molar-refractivity contribution in [2.24, 2.45) is 0 Å². The van der Waals surface area contributed by atoms with Crippen LogP contribution in [0.5, 0.6) is 5.75 Å². The van der Waals surface area contributed by atoms with Crippen molar-refractivity contribution in [3.05, 3.63) is 49.9 Å². The minimum absolute atomic E-state index is 0.618. The first-order valence-electron chi connectivity index (χ1n) is 8.55. The van der Waals surface area contributed by atoms with E-state index in [2.05, 4.69) is 60.3 Å². The van der Waals surface area contributed by atoms with E-state index in [0.717, 1.165) is 63.0 Å². The molecule has 0 bridgehead atoms. The van der Waals surface area contributed by atoms with Crippen molar-refractivity contribution in [2.75, 3.05) is 43.1 Å². The van der Waals surface area contributed by atoms with Crippen molar-refractivity contribution in [3.63, 3.8) is 0 Å². The summed E-state index contributed by atoms with van der Waals surface area (Å²) < 4.78 is 13.1. The Morgan fingerprint density at radius 3 is 2.65 bits per heavy atom. The molecule has 1 N–H and O–H groups in total. The minimum atomic E-state index is 0.618. The van der Waals surface area contributed by atoms with Gasteiger partial charge >= 0.3 is 0 Å². The number of rotatable bonds is 6. The van der Waals surface area contributed by atoms with Crippen LogP contribution in [0.2, 0.25) is 5.02 Å². The van der Waals surface area contributed by atoms with Gasteiger partial charge in [-0.1, -0.05) is 27.5 Å². The summed E-state index contributed by atoms with van der Waals surface area (Å²) in [5, 5.41) is 4.18. The highest BCUT2D eigenvalue weighted by atomic mass is 79.9. The molecule has 2 aromatic rings. The Morgan fingerprint density at radius 1 is 1.19 bits per heavy atom. The van der Waals surface area contributed by atoms with Crippen LogP contribution in [-0.2, 0) is 11.3 Å². The fraction of sp³-hybridized carbons (Fsp3) is 0.368. The highest BCUT2D eigenvalue weighted by Crippen LogP contribution is 2.34. The lowest BCUT2D eigenvalue weighted by molar-refractivity contribution is 0.122. The maximum Gasteiger partial charge on any atom is 0.138 e. The molecule has 26 heavy (non-hydrogen) atoms. The largest absolute Gasteiger partial charge is 0.492 e. The standard InChI is InChI=1S/C19H21Br2ClN2O2/c1-2-26-19-13(9-14(20)10-16(19)21)12-23-15-3-4-18(17(22)11-15)24-5-7-25-8-6-24/h3-4,9-11,23H,2,5-8,12H2,1H3. The van der Waals surface area contributed by atoms with Gasteiger partial charge in [0.05, 0.1) is 35.0 Å². The topological polar surface area (TPSA) is 33.7 Å². The third-order valence-electron chi connectivity index (χ3n) is 4.16. The number of nitrogens with zero attached hydrogens (tertiary/aromatic N) is 1. The van der Waals surface area contributed by atoms with Gasteiger partial charge in [-0.2, -0.15) is 0 Å². The molecule has 1 aliphatic rings. The van der Waals surface area contributed by atoms with Crippen LogP contribution < -0.4 is 15.0 Å². The second kappa shape index (κ2) is 9.31. The van der Waals surface area contributed by atoms with Crippen LogP contribution in [0, 0.1) is 0 Å². The predicted molar refractivity (Wildman–Crippen MR) is 115 cm³/mol. The Morgan fingerprint density at radius 2 is 1.96 bits per heavy atom. The molecule has 0 aromatic heterocycles. The van der Waals surface area contributed by atoms with Gasteiger partial charge < -0.3 is 19.7 Å². The number of morpholine rings is 1. The third-order valence-corrected chi connectivity index (χ3v) is 5.51.